The molecule has 0 aliphatic rings. The first-order valence-corrected chi connectivity index (χ1v) is 8.38. The summed E-state index contributed by atoms with van der Waals surface area (Å²) in [5, 5.41) is 21.8. The summed E-state index contributed by atoms with van der Waals surface area (Å²) in [7, 11) is 1.48. The van der Waals surface area contributed by atoms with Gasteiger partial charge in [-0.1, -0.05) is 55.5 Å². The predicted molar refractivity (Wildman–Crippen MR) is 103 cm³/mol. The molecule has 26 heavy (non-hydrogen) atoms. The zero-order valence-corrected chi connectivity index (χ0v) is 14.7. The van der Waals surface area contributed by atoms with Crippen molar-refractivity contribution in [2.45, 2.75) is 13.3 Å². The second-order valence-electron chi connectivity index (χ2n) is 5.94. The summed E-state index contributed by atoms with van der Waals surface area (Å²) in [5.41, 5.74) is 2.46. The monoisotopic (exact) mass is 348 g/mol. The molecule has 4 heteroatoms. The van der Waals surface area contributed by atoms with Gasteiger partial charge in [0.15, 0.2) is 11.5 Å². The third kappa shape index (κ3) is 3.14. The fourth-order valence-electron chi connectivity index (χ4n) is 3.14. The van der Waals surface area contributed by atoms with E-state index in [1.165, 1.54) is 7.11 Å². The van der Waals surface area contributed by atoms with Crippen LogP contribution in [-0.2, 0) is 11.2 Å². The minimum atomic E-state index is -1.01. The molecule has 0 saturated heterocycles. The van der Waals surface area contributed by atoms with Crippen LogP contribution in [0.3, 0.4) is 0 Å². The van der Waals surface area contributed by atoms with Crippen LogP contribution in [0.15, 0.2) is 54.6 Å². The Morgan fingerprint density at radius 1 is 1.12 bits per heavy atom. The van der Waals surface area contributed by atoms with E-state index in [-0.39, 0.29) is 11.3 Å². The summed E-state index contributed by atoms with van der Waals surface area (Å²) in [6.45, 7) is 2.01. The number of carboxylic acid groups (broad SMARTS) is 1. The van der Waals surface area contributed by atoms with Crippen LogP contribution in [0, 0.1) is 0 Å². The first-order chi connectivity index (χ1) is 12.6. The maximum absolute atomic E-state index is 11.8. The largest absolute Gasteiger partial charge is 0.504 e. The number of phenols is 1. The van der Waals surface area contributed by atoms with E-state index in [4.69, 9.17) is 4.74 Å². The molecule has 0 aliphatic heterocycles. The fourth-order valence-corrected chi connectivity index (χ4v) is 3.14. The number of hydrogen-bond donors (Lipinski definition) is 2. The van der Waals surface area contributed by atoms with E-state index >= 15 is 0 Å². The topological polar surface area (TPSA) is 66.8 Å². The second-order valence-corrected chi connectivity index (χ2v) is 5.94. The molecule has 4 nitrogen and oxygen atoms in total. The molecule has 2 N–H and O–H groups in total. The van der Waals surface area contributed by atoms with Crippen molar-refractivity contribution in [2.75, 3.05) is 7.11 Å². The maximum Gasteiger partial charge on any atom is 0.336 e. The van der Waals surface area contributed by atoms with E-state index in [1.807, 2.05) is 31.2 Å². The molecule has 0 atom stereocenters. The highest BCUT2D eigenvalue weighted by molar-refractivity contribution is 6.21. The lowest BCUT2D eigenvalue weighted by Crippen LogP contribution is -2.00. The molecule has 0 radical (unpaired) electrons. The number of aromatic hydroxyl groups is 1. The van der Waals surface area contributed by atoms with Gasteiger partial charge in [0.1, 0.15) is 0 Å². The Labute approximate surface area is 152 Å². The minimum Gasteiger partial charge on any atom is -0.504 e. The number of carbonyl (C=O) groups is 1. The zero-order chi connectivity index (χ0) is 18.7. The molecule has 0 fully saturated rings. The van der Waals surface area contributed by atoms with Crippen molar-refractivity contribution in [3.8, 4) is 11.5 Å². The van der Waals surface area contributed by atoms with Gasteiger partial charge in [-0.05, 0) is 40.6 Å². The van der Waals surface area contributed by atoms with E-state index in [0.717, 1.165) is 17.4 Å². The Bertz CT molecular complexity index is 988. The summed E-state index contributed by atoms with van der Waals surface area (Å²) in [5.74, 6) is -0.612. The Balaban J connectivity index is 2.34. The Morgan fingerprint density at radius 3 is 2.46 bits per heavy atom. The van der Waals surface area contributed by atoms with Crippen LogP contribution < -0.4 is 4.74 Å². The molecule has 0 unspecified atom stereocenters. The van der Waals surface area contributed by atoms with Crippen molar-refractivity contribution in [3.05, 3.63) is 71.3 Å². The van der Waals surface area contributed by atoms with Crippen molar-refractivity contribution in [1.82, 2.24) is 0 Å². The molecular formula is C22H20O4. The third-order valence-corrected chi connectivity index (χ3v) is 4.43. The number of carboxylic acids is 1. The van der Waals surface area contributed by atoms with Gasteiger partial charge in [0, 0.05) is 5.39 Å². The molecule has 3 aromatic rings. The number of fused-ring (bicyclic) bond motifs is 1. The molecule has 3 aromatic carbocycles. The average Bonchev–Trinajstić information content (AvgIpc) is 2.67. The number of aliphatic carboxylic acids is 1. The number of phenolic OH excluding ortho intramolecular Hbond substituents is 1. The third-order valence-electron chi connectivity index (χ3n) is 4.43. The second kappa shape index (κ2) is 7.31. The quantitative estimate of drug-likeness (QED) is 0.516. The van der Waals surface area contributed by atoms with Crippen LogP contribution in [0.4, 0.5) is 0 Å². The number of hydrogen-bond acceptors (Lipinski definition) is 3. The summed E-state index contributed by atoms with van der Waals surface area (Å²) in [4.78, 5) is 11.8. The van der Waals surface area contributed by atoms with Gasteiger partial charge in [-0.3, -0.25) is 0 Å². The van der Waals surface area contributed by atoms with E-state index in [1.54, 1.807) is 36.4 Å². The summed E-state index contributed by atoms with van der Waals surface area (Å²) >= 11 is 0. The molecule has 0 heterocycles. The molecule has 0 bridgehead atoms. The Kier molecular flexibility index (Phi) is 4.94. The smallest absolute Gasteiger partial charge is 0.336 e. The molecule has 0 aromatic heterocycles. The zero-order valence-electron chi connectivity index (χ0n) is 14.7. The van der Waals surface area contributed by atoms with Crippen LogP contribution >= 0.6 is 0 Å². The molecule has 0 saturated carbocycles. The SMILES string of the molecule is CCc1cccc2c(/C=C(/C(=O)O)c3ccccc3)cc(OC)c(O)c12. The van der Waals surface area contributed by atoms with Gasteiger partial charge in [-0.15, -0.1) is 0 Å². The van der Waals surface area contributed by atoms with Gasteiger partial charge in [0.25, 0.3) is 0 Å². The highest BCUT2D eigenvalue weighted by Gasteiger charge is 2.16. The average molecular weight is 348 g/mol. The lowest BCUT2D eigenvalue weighted by molar-refractivity contribution is -0.130. The number of aryl methyl sites for hydroxylation is 1. The normalized spacial score (nSPS) is 11.5. The van der Waals surface area contributed by atoms with E-state index in [2.05, 4.69) is 0 Å². The number of ether oxygens (including phenoxy) is 1. The number of rotatable bonds is 5. The van der Waals surface area contributed by atoms with Gasteiger partial charge in [-0.25, -0.2) is 4.79 Å². The summed E-state index contributed by atoms with van der Waals surface area (Å²) in [6, 6.07) is 16.4. The molecular weight excluding hydrogens is 328 g/mol. The van der Waals surface area contributed by atoms with E-state index < -0.39 is 5.97 Å². The minimum absolute atomic E-state index is 0.0775. The lowest BCUT2D eigenvalue weighted by atomic mass is 9.94. The van der Waals surface area contributed by atoms with Gasteiger partial charge in [0.05, 0.1) is 12.7 Å². The molecule has 0 amide bonds. The number of benzene rings is 3. The van der Waals surface area contributed by atoms with Crippen LogP contribution in [-0.4, -0.2) is 23.3 Å². The van der Waals surface area contributed by atoms with Crippen molar-refractivity contribution >= 4 is 28.4 Å². The van der Waals surface area contributed by atoms with Crippen molar-refractivity contribution < 1.29 is 19.7 Å². The summed E-state index contributed by atoms with van der Waals surface area (Å²) in [6.07, 6.45) is 2.37. The summed E-state index contributed by atoms with van der Waals surface area (Å²) < 4.78 is 5.31. The van der Waals surface area contributed by atoms with Gasteiger partial charge in [0.2, 0.25) is 0 Å². The Morgan fingerprint density at radius 2 is 1.85 bits per heavy atom. The van der Waals surface area contributed by atoms with Gasteiger partial charge in [-0.2, -0.15) is 0 Å². The van der Waals surface area contributed by atoms with Crippen molar-refractivity contribution in [1.29, 1.82) is 0 Å². The van der Waals surface area contributed by atoms with Crippen molar-refractivity contribution in [3.63, 3.8) is 0 Å². The van der Waals surface area contributed by atoms with Crippen LogP contribution in [0.5, 0.6) is 11.5 Å². The van der Waals surface area contributed by atoms with Gasteiger partial charge >= 0.3 is 5.97 Å². The molecule has 132 valence electrons. The highest BCUT2D eigenvalue weighted by atomic mass is 16.5. The molecule has 0 spiro atoms. The van der Waals surface area contributed by atoms with Crippen LogP contribution in [0.2, 0.25) is 0 Å². The standard InChI is InChI=1S/C22H20O4/c1-3-14-10-7-11-17-16(13-19(26-2)21(23)20(14)17)12-18(22(24)25)15-8-5-4-6-9-15/h4-13,23H,3H2,1-2H3,(H,24,25)/b18-12+. The van der Waals surface area contributed by atoms with E-state index in [9.17, 15) is 15.0 Å². The first-order valence-electron chi connectivity index (χ1n) is 8.38. The van der Waals surface area contributed by atoms with Crippen molar-refractivity contribution in [2.24, 2.45) is 0 Å². The Hall–Kier alpha value is -3.27. The molecule has 3 rings (SSSR count). The first kappa shape index (κ1) is 17.5. The van der Waals surface area contributed by atoms with E-state index in [0.29, 0.717) is 22.3 Å². The lowest BCUT2D eigenvalue weighted by Gasteiger charge is -2.14. The van der Waals surface area contributed by atoms with Crippen LogP contribution in [0.25, 0.3) is 22.4 Å². The molecule has 0 aliphatic carbocycles. The highest BCUT2D eigenvalue weighted by Crippen LogP contribution is 2.40. The number of methoxy groups -OCH3 is 1. The fraction of sp³-hybridized carbons (Fsp3) is 0.136. The van der Waals surface area contributed by atoms with Gasteiger partial charge < -0.3 is 14.9 Å². The predicted octanol–water partition coefficient (Wildman–Crippen LogP) is 4.74. The van der Waals surface area contributed by atoms with Crippen LogP contribution in [0.1, 0.15) is 23.6 Å². The maximum atomic E-state index is 11.8.